The number of hydrogen-bond acceptors (Lipinski definition) is 3. The maximum absolute atomic E-state index is 12.9. The Kier molecular flexibility index (Phi) is 6.42. The molecule has 1 aliphatic rings. The van der Waals surface area contributed by atoms with Crippen molar-refractivity contribution in [3.63, 3.8) is 0 Å². The summed E-state index contributed by atoms with van der Waals surface area (Å²) in [5, 5.41) is 8.07. The van der Waals surface area contributed by atoms with Crippen molar-refractivity contribution < 1.29 is 4.79 Å². The second-order valence-electron chi connectivity index (χ2n) is 7.70. The van der Waals surface area contributed by atoms with Crippen LogP contribution < -0.4 is 11.0 Å². The van der Waals surface area contributed by atoms with E-state index in [1.807, 2.05) is 49.4 Å². The third-order valence-electron chi connectivity index (χ3n) is 5.71. The van der Waals surface area contributed by atoms with Crippen LogP contribution in [0.2, 0.25) is 5.02 Å². The minimum Gasteiger partial charge on any atom is -0.324 e. The molecule has 2 aromatic carbocycles. The number of urea groups is 1. The van der Waals surface area contributed by atoms with Crippen LogP contribution in [0, 0.1) is 0 Å². The molecule has 7 nitrogen and oxygen atoms in total. The Labute approximate surface area is 186 Å². The predicted molar refractivity (Wildman–Crippen MR) is 122 cm³/mol. The van der Waals surface area contributed by atoms with Crippen molar-refractivity contribution in [1.82, 2.24) is 19.2 Å². The number of nitrogens with one attached hydrogen (secondary N) is 1. The summed E-state index contributed by atoms with van der Waals surface area (Å²) in [5.41, 5.74) is 1.57. The van der Waals surface area contributed by atoms with E-state index in [-0.39, 0.29) is 17.6 Å². The number of nitrogens with zero attached hydrogens (tertiary/aromatic N) is 4. The third-order valence-corrected chi connectivity index (χ3v) is 6.04. The number of aromatic nitrogens is 3. The highest BCUT2D eigenvalue weighted by Crippen LogP contribution is 2.27. The molecule has 31 heavy (non-hydrogen) atoms. The number of carbonyl (C=O) groups is 1. The second-order valence-corrected chi connectivity index (χ2v) is 8.11. The number of para-hydroxylation sites is 1. The molecule has 0 unspecified atom stereocenters. The number of rotatable bonds is 5. The zero-order valence-electron chi connectivity index (χ0n) is 17.5. The summed E-state index contributed by atoms with van der Waals surface area (Å²) in [4.78, 5) is 27.3. The molecule has 0 aliphatic carbocycles. The van der Waals surface area contributed by atoms with Gasteiger partial charge in [-0.05, 0) is 37.5 Å². The van der Waals surface area contributed by atoms with Crippen LogP contribution in [0.3, 0.4) is 0 Å². The van der Waals surface area contributed by atoms with E-state index in [2.05, 4.69) is 10.4 Å². The lowest BCUT2D eigenvalue weighted by molar-refractivity contribution is 0.192. The molecular formula is C23H26ClN5O2. The topological polar surface area (TPSA) is 72.2 Å². The minimum atomic E-state index is -0.158. The van der Waals surface area contributed by atoms with Crippen LogP contribution in [-0.4, -0.2) is 38.4 Å². The van der Waals surface area contributed by atoms with E-state index < -0.39 is 0 Å². The van der Waals surface area contributed by atoms with Gasteiger partial charge in [-0.3, -0.25) is 4.57 Å². The van der Waals surface area contributed by atoms with Crippen molar-refractivity contribution in [2.24, 2.45) is 0 Å². The molecule has 2 amide bonds. The van der Waals surface area contributed by atoms with E-state index in [1.54, 1.807) is 26.3 Å². The second kappa shape index (κ2) is 9.39. The van der Waals surface area contributed by atoms with E-state index in [0.29, 0.717) is 36.9 Å². The first-order chi connectivity index (χ1) is 15.1. The fourth-order valence-corrected chi connectivity index (χ4v) is 4.20. The van der Waals surface area contributed by atoms with Crippen molar-refractivity contribution in [3.8, 4) is 0 Å². The SMILES string of the molecule is CCn1c(C2CCN(C(=O)Nc3ccccc3Cl)CC2)nn(Cc2ccccc2)c1=O. The van der Waals surface area contributed by atoms with Gasteiger partial charge >= 0.3 is 11.7 Å². The van der Waals surface area contributed by atoms with E-state index in [1.165, 1.54) is 0 Å². The Morgan fingerprint density at radius 1 is 1.10 bits per heavy atom. The Balaban J connectivity index is 1.43. The maximum Gasteiger partial charge on any atom is 0.346 e. The highest BCUT2D eigenvalue weighted by atomic mass is 35.5. The van der Waals surface area contributed by atoms with Gasteiger partial charge in [-0.15, -0.1) is 0 Å². The molecule has 0 radical (unpaired) electrons. The lowest BCUT2D eigenvalue weighted by Crippen LogP contribution is -2.41. The molecule has 3 aromatic rings. The summed E-state index contributed by atoms with van der Waals surface area (Å²) in [6.07, 6.45) is 1.52. The van der Waals surface area contributed by atoms with Gasteiger partial charge in [0, 0.05) is 25.6 Å². The number of halogens is 1. The molecule has 4 rings (SSSR count). The first-order valence-electron chi connectivity index (χ1n) is 10.6. The Bertz CT molecular complexity index is 1100. The van der Waals surface area contributed by atoms with Gasteiger partial charge in [-0.25, -0.2) is 14.3 Å². The van der Waals surface area contributed by atoms with Crippen LogP contribution in [0.15, 0.2) is 59.4 Å². The van der Waals surface area contributed by atoms with Crippen LogP contribution in [-0.2, 0) is 13.1 Å². The Morgan fingerprint density at radius 2 is 1.77 bits per heavy atom. The highest BCUT2D eigenvalue weighted by molar-refractivity contribution is 6.33. The number of benzene rings is 2. The Hall–Kier alpha value is -3.06. The normalized spacial score (nSPS) is 14.6. The molecule has 1 aliphatic heterocycles. The number of amides is 2. The molecule has 0 atom stereocenters. The van der Waals surface area contributed by atoms with Gasteiger partial charge in [0.1, 0.15) is 5.82 Å². The summed E-state index contributed by atoms with van der Waals surface area (Å²) in [5.74, 6) is 0.962. The van der Waals surface area contributed by atoms with Crippen LogP contribution in [0.25, 0.3) is 0 Å². The van der Waals surface area contributed by atoms with Crippen molar-refractivity contribution in [3.05, 3.63) is 81.5 Å². The quantitative estimate of drug-likeness (QED) is 0.648. The molecule has 1 fully saturated rings. The summed E-state index contributed by atoms with van der Waals surface area (Å²) in [6, 6.07) is 16.9. The average molecular weight is 440 g/mol. The van der Waals surface area contributed by atoms with Crippen molar-refractivity contribution in [1.29, 1.82) is 0 Å². The standard InChI is InChI=1S/C23H26ClN5O2/c1-2-28-21(26-29(23(28)31)16-17-8-4-3-5-9-17)18-12-14-27(15-13-18)22(30)25-20-11-7-6-10-19(20)24/h3-11,18H,2,12-16H2,1H3,(H,25,30). The zero-order chi connectivity index (χ0) is 21.8. The number of piperidine rings is 1. The molecule has 0 saturated carbocycles. The van der Waals surface area contributed by atoms with Gasteiger partial charge in [-0.2, -0.15) is 5.10 Å². The number of anilines is 1. The summed E-state index contributed by atoms with van der Waals surface area (Å²) >= 11 is 6.14. The Morgan fingerprint density at radius 3 is 2.45 bits per heavy atom. The maximum atomic E-state index is 12.9. The number of likely N-dealkylation sites (tertiary alicyclic amines) is 1. The molecule has 2 heterocycles. The van der Waals surface area contributed by atoms with Crippen molar-refractivity contribution >= 4 is 23.3 Å². The molecule has 0 bridgehead atoms. The van der Waals surface area contributed by atoms with Gasteiger partial charge in [-0.1, -0.05) is 54.1 Å². The van der Waals surface area contributed by atoms with E-state index >= 15 is 0 Å². The average Bonchev–Trinajstić information content (AvgIpc) is 3.11. The molecular weight excluding hydrogens is 414 g/mol. The van der Waals surface area contributed by atoms with E-state index in [4.69, 9.17) is 11.6 Å². The first kappa shape index (κ1) is 21.2. The van der Waals surface area contributed by atoms with Crippen LogP contribution in [0.5, 0.6) is 0 Å². The van der Waals surface area contributed by atoms with Crippen LogP contribution in [0.4, 0.5) is 10.5 Å². The van der Waals surface area contributed by atoms with Crippen LogP contribution in [0.1, 0.15) is 37.1 Å². The minimum absolute atomic E-state index is 0.0831. The fraction of sp³-hybridized carbons (Fsp3) is 0.348. The summed E-state index contributed by atoms with van der Waals surface area (Å²) in [6.45, 7) is 4.20. The van der Waals surface area contributed by atoms with Crippen LogP contribution >= 0.6 is 11.6 Å². The first-order valence-corrected chi connectivity index (χ1v) is 11.0. The van der Waals surface area contributed by atoms with E-state index in [0.717, 1.165) is 24.2 Å². The molecule has 1 aromatic heterocycles. The molecule has 1 N–H and O–H groups in total. The smallest absolute Gasteiger partial charge is 0.324 e. The monoisotopic (exact) mass is 439 g/mol. The van der Waals surface area contributed by atoms with E-state index in [9.17, 15) is 9.59 Å². The third kappa shape index (κ3) is 4.66. The zero-order valence-corrected chi connectivity index (χ0v) is 18.3. The lowest BCUT2D eigenvalue weighted by atomic mass is 9.96. The van der Waals surface area contributed by atoms with Gasteiger partial charge in [0.05, 0.1) is 17.3 Å². The predicted octanol–water partition coefficient (Wildman–Crippen LogP) is 4.18. The highest BCUT2D eigenvalue weighted by Gasteiger charge is 2.28. The molecule has 1 saturated heterocycles. The fourth-order valence-electron chi connectivity index (χ4n) is 4.01. The van der Waals surface area contributed by atoms with Gasteiger partial charge in [0.25, 0.3) is 0 Å². The van der Waals surface area contributed by atoms with Gasteiger partial charge in [0.2, 0.25) is 0 Å². The van der Waals surface area contributed by atoms with Crippen molar-refractivity contribution in [2.45, 2.75) is 38.8 Å². The summed E-state index contributed by atoms with van der Waals surface area (Å²) in [7, 11) is 0. The molecule has 162 valence electrons. The lowest BCUT2D eigenvalue weighted by Gasteiger charge is -2.31. The van der Waals surface area contributed by atoms with Crippen molar-refractivity contribution in [2.75, 3.05) is 18.4 Å². The molecule has 8 heteroatoms. The number of carbonyl (C=O) groups excluding carboxylic acids is 1. The summed E-state index contributed by atoms with van der Waals surface area (Å²) < 4.78 is 3.30. The largest absolute Gasteiger partial charge is 0.346 e. The van der Waals surface area contributed by atoms with Gasteiger partial charge in [0.15, 0.2) is 0 Å². The number of hydrogen-bond donors (Lipinski definition) is 1. The molecule has 0 spiro atoms. The van der Waals surface area contributed by atoms with Gasteiger partial charge < -0.3 is 10.2 Å².